The van der Waals surface area contributed by atoms with Crippen LogP contribution in [0.3, 0.4) is 0 Å². The van der Waals surface area contributed by atoms with E-state index < -0.39 is 17.8 Å². The standard InChI is InChI=1S/C15H16N2O3/c1-2-14(18)17-11-5-3-4-10(8-11)13-9-16-7-6-12(13)15(19)20/h1,3-5,8,12-13,16H,6-7,9H2,(H,17,18)(H,19,20)/t12-,13+/m1/s1. The number of anilines is 1. The summed E-state index contributed by atoms with van der Waals surface area (Å²) in [6.07, 6.45) is 5.61. The lowest BCUT2D eigenvalue weighted by molar-refractivity contribution is -0.143. The van der Waals surface area contributed by atoms with Gasteiger partial charge in [0, 0.05) is 18.2 Å². The highest BCUT2D eigenvalue weighted by Crippen LogP contribution is 2.30. The number of carbonyl (C=O) groups is 2. The molecule has 3 N–H and O–H groups in total. The summed E-state index contributed by atoms with van der Waals surface area (Å²) in [5, 5.41) is 15.1. The van der Waals surface area contributed by atoms with Crippen LogP contribution in [0.5, 0.6) is 0 Å². The third-order valence-corrected chi connectivity index (χ3v) is 3.50. The van der Waals surface area contributed by atoms with Crippen LogP contribution in [0.2, 0.25) is 0 Å². The molecule has 0 bridgehead atoms. The zero-order chi connectivity index (χ0) is 14.5. The van der Waals surface area contributed by atoms with E-state index in [1.807, 2.05) is 12.0 Å². The highest BCUT2D eigenvalue weighted by Gasteiger charge is 2.31. The normalized spacial score (nSPS) is 21.8. The van der Waals surface area contributed by atoms with Gasteiger partial charge < -0.3 is 15.7 Å². The number of terminal acetylenes is 1. The number of aliphatic carboxylic acids is 1. The average Bonchev–Trinajstić information content (AvgIpc) is 2.47. The highest BCUT2D eigenvalue weighted by molar-refractivity contribution is 6.03. The largest absolute Gasteiger partial charge is 0.481 e. The number of carbonyl (C=O) groups excluding carboxylic acids is 1. The third kappa shape index (κ3) is 3.16. The second-order valence-electron chi connectivity index (χ2n) is 4.77. The lowest BCUT2D eigenvalue weighted by Gasteiger charge is -2.29. The Morgan fingerprint density at radius 3 is 2.95 bits per heavy atom. The van der Waals surface area contributed by atoms with Gasteiger partial charge in [-0.15, -0.1) is 6.42 Å². The summed E-state index contributed by atoms with van der Waals surface area (Å²) in [6.45, 7) is 1.32. The van der Waals surface area contributed by atoms with E-state index in [9.17, 15) is 14.7 Å². The Hall–Kier alpha value is -2.32. The summed E-state index contributed by atoms with van der Waals surface area (Å²) in [4.78, 5) is 22.5. The van der Waals surface area contributed by atoms with Crippen molar-refractivity contribution in [3.8, 4) is 12.3 Å². The predicted molar refractivity (Wildman–Crippen MR) is 75.3 cm³/mol. The van der Waals surface area contributed by atoms with E-state index in [4.69, 9.17) is 6.42 Å². The first-order chi connectivity index (χ1) is 9.61. The summed E-state index contributed by atoms with van der Waals surface area (Å²) < 4.78 is 0. The van der Waals surface area contributed by atoms with Crippen LogP contribution in [0.15, 0.2) is 24.3 Å². The Balaban J connectivity index is 2.23. The van der Waals surface area contributed by atoms with Crippen molar-refractivity contribution in [1.82, 2.24) is 5.32 Å². The summed E-state index contributed by atoms with van der Waals surface area (Å²) in [5.41, 5.74) is 1.47. The smallest absolute Gasteiger partial charge is 0.307 e. The van der Waals surface area contributed by atoms with E-state index in [0.29, 0.717) is 25.2 Å². The van der Waals surface area contributed by atoms with Crippen molar-refractivity contribution in [3.63, 3.8) is 0 Å². The summed E-state index contributed by atoms with van der Waals surface area (Å²) >= 11 is 0. The zero-order valence-electron chi connectivity index (χ0n) is 10.9. The second-order valence-corrected chi connectivity index (χ2v) is 4.77. The number of carboxylic acid groups (broad SMARTS) is 1. The number of benzene rings is 1. The summed E-state index contributed by atoms with van der Waals surface area (Å²) in [7, 11) is 0. The molecule has 1 aromatic rings. The Kier molecular flexibility index (Phi) is 4.38. The molecule has 0 aromatic heterocycles. The molecule has 5 heteroatoms. The molecule has 1 aromatic carbocycles. The predicted octanol–water partition coefficient (Wildman–Crippen LogP) is 1.04. The first kappa shape index (κ1) is 14.1. The van der Waals surface area contributed by atoms with E-state index in [1.165, 1.54) is 0 Å². The topological polar surface area (TPSA) is 78.4 Å². The quantitative estimate of drug-likeness (QED) is 0.718. The van der Waals surface area contributed by atoms with Gasteiger partial charge in [-0.2, -0.15) is 0 Å². The fourth-order valence-corrected chi connectivity index (χ4v) is 2.52. The van der Waals surface area contributed by atoms with Crippen molar-refractivity contribution in [3.05, 3.63) is 29.8 Å². The van der Waals surface area contributed by atoms with Crippen LogP contribution in [-0.2, 0) is 9.59 Å². The van der Waals surface area contributed by atoms with Crippen molar-refractivity contribution in [1.29, 1.82) is 0 Å². The summed E-state index contributed by atoms with van der Waals surface area (Å²) in [6, 6.07) is 7.17. The van der Waals surface area contributed by atoms with Gasteiger partial charge in [-0.05, 0) is 36.6 Å². The van der Waals surface area contributed by atoms with Gasteiger partial charge in [0.15, 0.2) is 0 Å². The number of amides is 1. The van der Waals surface area contributed by atoms with Crippen molar-refractivity contribution in [2.24, 2.45) is 5.92 Å². The maximum Gasteiger partial charge on any atom is 0.307 e. The Morgan fingerprint density at radius 2 is 2.25 bits per heavy atom. The van der Waals surface area contributed by atoms with E-state index in [0.717, 1.165) is 5.56 Å². The molecule has 2 atom stereocenters. The molecule has 20 heavy (non-hydrogen) atoms. The molecule has 1 heterocycles. The minimum atomic E-state index is -0.783. The molecule has 0 spiro atoms. The van der Waals surface area contributed by atoms with E-state index >= 15 is 0 Å². The molecule has 1 saturated heterocycles. The SMILES string of the molecule is C#CC(=O)Nc1cccc([C@@H]2CNCC[C@H]2C(=O)O)c1. The van der Waals surface area contributed by atoms with Crippen LogP contribution in [0.25, 0.3) is 0 Å². The summed E-state index contributed by atoms with van der Waals surface area (Å²) in [5.74, 6) is 0.170. The fraction of sp³-hybridized carbons (Fsp3) is 0.333. The molecular weight excluding hydrogens is 256 g/mol. The minimum absolute atomic E-state index is 0.107. The Bertz CT molecular complexity index is 562. The van der Waals surface area contributed by atoms with Gasteiger partial charge in [-0.25, -0.2) is 0 Å². The van der Waals surface area contributed by atoms with Crippen molar-refractivity contribution < 1.29 is 14.7 Å². The van der Waals surface area contributed by atoms with Crippen LogP contribution in [-0.4, -0.2) is 30.1 Å². The Labute approximate surface area is 117 Å². The van der Waals surface area contributed by atoms with Gasteiger partial charge in [0.1, 0.15) is 0 Å². The fourth-order valence-electron chi connectivity index (χ4n) is 2.52. The van der Waals surface area contributed by atoms with Crippen molar-refractivity contribution in [2.75, 3.05) is 18.4 Å². The first-order valence-corrected chi connectivity index (χ1v) is 6.43. The van der Waals surface area contributed by atoms with E-state index in [-0.39, 0.29) is 5.92 Å². The van der Waals surface area contributed by atoms with E-state index in [1.54, 1.807) is 18.2 Å². The van der Waals surface area contributed by atoms with Gasteiger partial charge in [0.25, 0.3) is 5.91 Å². The molecule has 0 unspecified atom stereocenters. The van der Waals surface area contributed by atoms with Crippen LogP contribution < -0.4 is 10.6 Å². The van der Waals surface area contributed by atoms with Gasteiger partial charge >= 0.3 is 5.97 Å². The molecule has 0 radical (unpaired) electrons. The number of hydrogen-bond acceptors (Lipinski definition) is 3. The molecule has 1 aliphatic heterocycles. The molecule has 0 saturated carbocycles. The van der Waals surface area contributed by atoms with Gasteiger partial charge in [0.05, 0.1) is 5.92 Å². The third-order valence-electron chi connectivity index (χ3n) is 3.50. The lowest BCUT2D eigenvalue weighted by atomic mass is 9.81. The molecule has 5 nitrogen and oxygen atoms in total. The monoisotopic (exact) mass is 272 g/mol. The molecular formula is C15H16N2O3. The van der Waals surface area contributed by atoms with Gasteiger partial charge in [0.2, 0.25) is 0 Å². The van der Waals surface area contributed by atoms with Crippen molar-refractivity contribution in [2.45, 2.75) is 12.3 Å². The van der Waals surface area contributed by atoms with Crippen molar-refractivity contribution >= 4 is 17.6 Å². The average molecular weight is 272 g/mol. The lowest BCUT2D eigenvalue weighted by Crippen LogP contribution is -2.38. The van der Waals surface area contributed by atoms with E-state index in [2.05, 4.69) is 10.6 Å². The molecule has 1 amide bonds. The zero-order valence-corrected chi connectivity index (χ0v) is 10.9. The number of carboxylic acids is 1. The number of hydrogen-bond donors (Lipinski definition) is 3. The van der Waals surface area contributed by atoms with Crippen LogP contribution in [0, 0.1) is 18.3 Å². The molecule has 104 valence electrons. The number of piperidine rings is 1. The van der Waals surface area contributed by atoms with Crippen LogP contribution in [0.4, 0.5) is 5.69 Å². The minimum Gasteiger partial charge on any atom is -0.481 e. The molecule has 0 aliphatic carbocycles. The highest BCUT2D eigenvalue weighted by atomic mass is 16.4. The first-order valence-electron chi connectivity index (χ1n) is 6.43. The second kappa shape index (κ2) is 6.22. The molecule has 1 aliphatic rings. The maximum absolute atomic E-state index is 11.3. The Morgan fingerprint density at radius 1 is 1.45 bits per heavy atom. The molecule has 2 rings (SSSR count). The van der Waals surface area contributed by atoms with Crippen LogP contribution >= 0.6 is 0 Å². The maximum atomic E-state index is 11.3. The molecule has 1 fully saturated rings. The van der Waals surface area contributed by atoms with Gasteiger partial charge in [-0.1, -0.05) is 12.1 Å². The number of nitrogens with one attached hydrogen (secondary N) is 2. The van der Waals surface area contributed by atoms with Crippen LogP contribution in [0.1, 0.15) is 17.9 Å². The van der Waals surface area contributed by atoms with Gasteiger partial charge in [-0.3, -0.25) is 9.59 Å². The number of rotatable bonds is 3.